The van der Waals surface area contributed by atoms with Crippen molar-refractivity contribution in [3.05, 3.63) is 77.9 Å². The predicted octanol–water partition coefficient (Wildman–Crippen LogP) is 9.32. The molecule has 40 heavy (non-hydrogen) atoms. The van der Waals surface area contributed by atoms with Crippen LogP contribution in [0.2, 0.25) is 0 Å². The monoisotopic (exact) mass is 585 g/mol. The summed E-state index contributed by atoms with van der Waals surface area (Å²) >= 11 is 0. The molecular weight excluding hydrogens is 544 g/mol. The lowest BCUT2D eigenvalue weighted by Crippen LogP contribution is -2.13. The van der Waals surface area contributed by atoms with E-state index in [0.717, 1.165) is 28.6 Å². The fraction of sp³-hybridized carbons (Fsp3) is 0.400. The van der Waals surface area contributed by atoms with Gasteiger partial charge in [-0.15, -0.1) is 15.0 Å². The first-order chi connectivity index (χ1) is 19.0. The van der Waals surface area contributed by atoms with E-state index in [0.29, 0.717) is 29.4 Å². The zero-order valence-corrected chi connectivity index (χ0v) is 26.4. The summed E-state index contributed by atoms with van der Waals surface area (Å²) in [5.74, 6) is 1.33. The maximum absolute atomic E-state index is 10.1. The van der Waals surface area contributed by atoms with Crippen LogP contribution in [-0.2, 0) is 13.7 Å². The molecule has 1 heterocycles. The second kappa shape index (κ2) is 18.2. The second-order valence-corrected chi connectivity index (χ2v) is 10.9. The summed E-state index contributed by atoms with van der Waals surface area (Å²) in [4.78, 5) is 1.49. The molecule has 0 spiro atoms. The normalized spacial score (nSPS) is 11.4. The highest BCUT2D eigenvalue weighted by Crippen LogP contribution is 2.27. The van der Waals surface area contributed by atoms with Crippen LogP contribution in [0.4, 0.5) is 0 Å². The summed E-state index contributed by atoms with van der Waals surface area (Å²) in [6.45, 7) is 17.1. The van der Waals surface area contributed by atoms with Gasteiger partial charge in [-0.2, -0.15) is 0 Å². The lowest BCUT2D eigenvalue weighted by atomic mass is 9.86. The first kappa shape index (κ1) is 34.8. The molecule has 10 heteroatoms. The van der Waals surface area contributed by atoms with Crippen molar-refractivity contribution in [2.75, 3.05) is 6.61 Å². The highest BCUT2D eigenvalue weighted by molar-refractivity contribution is 7.17. The molecule has 0 saturated heterocycles. The number of para-hydroxylation sites is 1. The summed E-state index contributed by atoms with van der Waals surface area (Å²) in [5.41, 5.74) is 4.48. The molecule has 0 radical (unpaired) electrons. The molecule has 0 aliphatic carbocycles. The number of phenols is 1. The van der Waals surface area contributed by atoms with E-state index in [-0.39, 0.29) is 23.1 Å². The SMILES string of the molecule is CC.CC(COP=O)CC(C)(C)C.Cc1cc(C)c(O)c(-n2nc3ccccc3n2)c1.O=POc1ccccc1. The van der Waals surface area contributed by atoms with Crippen molar-refractivity contribution in [1.29, 1.82) is 0 Å². The van der Waals surface area contributed by atoms with Gasteiger partial charge in [-0.25, -0.2) is 9.13 Å². The molecule has 216 valence electrons. The van der Waals surface area contributed by atoms with Crippen LogP contribution in [0.15, 0.2) is 66.7 Å². The van der Waals surface area contributed by atoms with Gasteiger partial charge >= 0.3 is 17.4 Å². The van der Waals surface area contributed by atoms with E-state index in [1.807, 2.05) is 82.3 Å². The van der Waals surface area contributed by atoms with Crippen LogP contribution in [0, 0.1) is 25.2 Å². The maximum atomic E-state index is 10.1. The van der Waals surface area contributed by atoms with Crippen molar-refractivity contribution in [3.8, 4) is 17.2 Å². The molecule has 1 N–H and O–H groups in total. The zero-order chi connectivity index (χ0) is 30.1. The van der Waals surface area contributed by atoms with Crippen molar-refractivity contribution in [2.45, 2.75) is 61.8 Å². The predicted molar refractivity (Wildman–Crippen MR) is 163 cm³/mol. The van der Waals surface area contributed by atoms with Crippen LogP contribution in [0.1, 0.15) is 59.1 Å². The Bertz CT molecular complexity index is 1270. The minimum Gasteiger partial charge on any atom is -0.505 e. The van der Waals surface area contributed by atoms with Crippen molar-refractivity contribution in [3.63, 3.8) is 0 Å². The third-order valence-corrected chi connectivity index (χ3v) is 5.73. The van der Waals surface area contributed by atoms with Gasteiger partial charge in [0, 0.05) is 0 Å². The Balaban J connectivity index is 0.000000314. The minimum atomic E-state index is -0.305. The van der Waals surface area contributed by atoms with Gasteiger partial charge < -0.3 is 9.63 Å². The van der Waals surface area contributed by atoms with Crippen molar-refractivity contribution in [1.82, 2.24) is 15.0 Å². The number of aromatic hydroxyl groups is 1. The van der Waals surface area contributed by atoms with Gasteiger partial charge in [0.15, 0.2) is 0 Å². The number of hydrogen-bond acceptors (Lipinski definition) is 7. The van der Waals surface area contributed by atoms with E-state index < -0.39 is 0 Å². The molecule has 0 aliphatic rings. The Morgan fingerprint density at radius 3 is 1.95 bits per heavy atom. The molecule has 3 aromatic carbocycles. The molecule has 4 aromatic rings. The average Bonchev–Trinajstić information content (AvgIpc) is 3.35. The number of nitrogens with zero attached hydrogens (tertiary/aromatic N) is 3. The fourth-order valence-corrected chi connectivity index (χ4v) is 4.37. The molecule has 0 amide bonds. The van der Waals surface area contributed by atoms with Crippen LogP contribution in [0.25, 0.3) is 16.7 Å². The summed E-state index contributed by atoms with van der Waals surface area (Å²) in [7, 11) is -0.509. The van der Waals surface area contributed by atoms with Crippen molar-refractivity contribution >= 4 is 28.4 Å². The standard InChI is InChI=1S/C14H13N3O.C8H17O2P.C6H5O2P.C2H6/c1-9-7-10(2)14(18)13(8-9)17-15-11-5-3-4-6-12(11)16-17;1-7(6-10-11-9)5-8(2,3)4;7-9-8-6-4-2-1-3-5-6;1-2/h3-8,18H,1-2H3;7H,5-6H2,1-4H3;1-5H;1-2H3. The molecule has 1 aromatic heterocycles. The molecule has 1 unspecified atom stereocenters. The minimum absolute atomic E-state index is 0.204. The topological polar surface area (TPSA) is 104 Å². The zero-order valence-electron chi connectivity index (χ0n) is 24.7. The molecule has 4 rings (SSSR count). The number of benzene rings is 3. The van der Waals surface area contributed by atoms with Gasteiger partial charge in [-0.3, -0.25) is 4.52 Å². The third-order valence-electron chi connectivity index (χ3n) is 5.19. The molecule has 1 atom stereocenters. The third kappa shape index (κ3) is 12.8. The average molecular weight is 586 g/mol. The second-order valence-electron chi connectivity index (χ2n) is 10.1. The lowest BCUT2D eigenvalue weighted by Gasteiger charge is -2.21. The molecule has 0 fully saturated rings. The highest BCUT2D eigenvalue weighted by Gasteiger charge is 2.15. The van der Waals surface area contributed by atoms with E-state index in [1.54, 1.807) is 12.1 Å². The van der Waals surface area contributed by atoms with Gasteiger partial charge in [-0.05, 0) is 73.1 Å². The van der Waals surface area contributed by atoms with Gasteiger partial charge in [-0.1, -0.05) is 77.9 Å². The molecule has 8 nitrogen and oxygen atoms in total. The maximum Gasteiger partial charge on any atom is 0.395 e. The Morgan fingerprint density at radius 2 is 1.45 bits per heavy atom. The lowest BCUT2D eigenvalue weighted by molar-refractivity contribution is 0.220. The Kier molecular flexibility index (Phi) is 15.9. The van der Waals surface area contributed by atoms with E-state index in [1.165, 1.54) is 4.80 Å². The Morgan fingerprint density at radius 1 is 0.900 bits per heavy atom. The number of fused-ring (bicyclic) bond motifs is 1. The van der Waals surface area contributed by atoms with Crippen LogP contribution in [-0.4, -0.2) is 26.7 Å². The summed E-state index contributed by atoms with van der Waals surface area (Å²) in [5, 5.41) is 18.8. The van der Waals surface area contributed by atoms with E-state index in [2.05, 4.69) is 42.4 Å². The number of phenolic OH excluding ortho intramolecular Hbond substituents is 1. The first-order valence-corrected chi connectivity index (χ1v) is 14.6. The van der Waals surface area contributed by atoms with Crippen molar-refractivity contribution in [2.24, 2.45) is 11.3 Å². The fourth-order valence-electron chi connectivity index (χ4n) is 3.84. The van der Waals surface area contributed by atoms with Gasteiger partial charge in [0.05, 0.1) is 6.61 Å². The number of aromatic nitrogens is 3. The van der Waals surface area contributed by atoms with E-state index in [9.17, 15) is 14.2 Å². The first-order valence-electron chi connectivity index (χ1n) is 13.2. The summed E-state index contributed by atoms with van der Waals surface area (Å²) < 4.78 is 29.2. The van der Waals surface area contributed by atoms with E-state index >= 15 is 0 Å². The Hall–Kier alpha value is -3.18. The van der Waals surface area contributed by atoms with Crippen LogP contribution >= 0.6 is 17.4 Å². The van der Waals surface area contributed by atoms with E-state index in [4.69, 9.17) is 4.52 Å². The van der Waals surface area contributed by atoms with Crippen LogP contribution in [0.3, 0.4) is 0 Å². The van der Waals surface area contributed by atoms with Crippen molar-refractivity contribution < 1.29 is 23.3 Å². The Labute approximate surface area is 241 Å². The molecule has 0 saturated carbocycles. The molecule has 0 aliphatic heterocycles. The summed E-state index contributed by atoms with van der Waals surface area (Å²) in [6.07, 6.45) is 1.10. The number of hydrogen-bond donors (Lipinski definition) is 1. The van der Waals surface area contributed by atoms with Gasteiger partial charge in [0.25, 0.3) is 0 Å². The molecular formula is C30H41N3O5P2. The number of rotatable bonds is 7. The largest absolute Gasteiger partial charge is 0.505 e. The molecule has 0 bridgehead atoms. The van der Waals surface area contributed by atoms with Crippen LogP contribution < -0.4 is 4.52 Å². The number of aryl methyl sites for hydroxylation is 2. The van der Waals surface area contributed by atoms with Gasteiger partial charge in [0.1, 0.15) is 28.2 Å². The quantitative estimate of drug-likeness (QED) is 0.216. The highest BCUT2D eigenvalue weighted by atomic mass is 31.1. The van der Waals surface area contributed by atoms with Crippen LogP contribution in [0.5, 0.6) is 11.5 Å². The smallest absolute Gasteiger partial charge is 0.395 e. The van der Waals surface area contributed by atoms with Gasteiger partial charge in [0.2, 0.25) is 0 Å². The summed E-state index contributed by atoms with van der Waals surface area (Å²) in [6, 6.07) is 20.4.